The van der Waals surface area contributed by atoms with Gasteiger partial charge in [0.25, 0.3) is 5.91 Å². The molecule has 0 aromatic heterocycles. The van der Waals surface area contributed by atoms with Crippen molar-refractivity contribution in [3.8, 4) is 5.75 Å². The van der Waals surface area contributed by atoms with Crippen LogP contribution in [0.4, 0.5) is 0 Å². The summed E-state index contributed by atoms with van der Waals surface area (Å²) in [5, 5.41) is 3.82. The van der Waals surface area contributed by atoms with Crippen molar-refractivity contribution in [2.45, 2.75) is 52.6 Å². The molecule has 0 aliphatic heterocycles. The third kappa shape index (κ3) is 9.26. The lowest BCUT2D eigenvalue weighted by atomic mass is 10.0. The van der Waals surface area contributed by atoms with Gasteiger partial charge in [0.05, 0.1) is 14.5 Å². The highest BCUT2D eigenvalue weighted by atomic mass is 79.9. The van der Waals surface area contributed by atoms with E-state index in [1.165, 1.54) is 0 Å². The van der Waals surface area contributed by atoms with Gasteiger partial charge in [0, 0.05) is 19.5 Å². The highest BCUT2D eigenvalue weighted by Crippen LogP contribution is 2.29. The van der Waals surface area contributed by atoms with Crippen LogP contribution >= 0.6 is 39.1 Å². The van der Waals surface area contributed by atoms with E-state index >= 15 is 0 Å². The lowest BCUT2D eigenvalue weighted by molar-refractivity contribution is -0.142. The fourth-order valence-corrected chi connectivity index (χ4v) is 4.86. The molecule has 3 aromatic rings. The molecule has 0 aliphatic carbocycles. The number of rotatable bonds is 12. The summed E-state index contributed by atoms with van der Waals surface area (Å²) >= 11 is 16.0. The Morgan fingerprint density at radius 3 is 2.26 bits per heavy atom. The van der Waals surface area contributed by atoms with E-state index in [0.29, 0.717) is 34.7 Å². The number of carbonyl (C=O) groups is 2. The molecule has 0 heterocycles. The number of halogens is 3. The monoisotopic (exact) mass is 632 g/mol. The van der Waals surface area contributed by atoms with Gasteiger partial charge in [-0.25, -0.2) is 0 Å². The quantitative estimate of drug-likeness (QED) is 0.223. The predicted octanol–water partition coefficient (Wildman–Crippen LogP) is 7.67. The van der Waals surface area contributed by atoms with Crippen LogP contribution in [0.15, 0.2) is 71.2 Å². The van der Waals surface area contributed by atoms with Gasteiger partial charge in [0.15, 0.2) is 6.61 Å². The first-order chi connectivity index (χ1) is 18.5. The maximum Gasteiger partial charge on any atom is 0.261 e. The molecule has 39 heavy (non-hydrogen) atoms. The number of carbonyl (C=O) groups excluding carboxylic acids is 2. The molecule has 8 heteroatoms. The topological polar surface area (TPSA) is 58.6 Å². The fourth-order valence-electron chi connectivity index (χ4n) is 4.03. The molecule has 1 N–H and O–H groups in total. The summed E-state index contributed by atoms with van der Waals surface area (Å²) in [6.07, 6.45) is 0.352. The Morgan fingerprint density at radius 1 is 0.923 bits per heavy atom. The van der Waals surface area contributed by atoms with Gasteiger partial charge in [-0.05, 0) is 68.7 Å². The molecule has 0 spiro atoms. The minimum atomic E-state index is -0.761. The van der Waals surface area contributed by atoms with Crippen molar-refractivity contribution in [1.29, 1.82) is 0 Å². The summed E-state index contributed by atoms with van der Waals surface area (Å²) in [6, 6.07) is 20.0. The zero-order valence-electron chi connectivity index (χ0n) is 22.7. The second kappa shape index (κ2) is 14.7. The van der Waals surface area contributed by atoms with Crippen LogP contribution in [0.2, 0.25) is 10.0 Å². The van der Waals surface area contributed by atoms with Crippen molar-refractivity contribution < 1.29 is 14.3 Å². The summed E-state index contributed by atoms with van der Waals surface area (Å²) in [7, 11) is 0. The maximum atomic E-state index is 13.8. The molecular weight excluding hydrogens is 599 g/mol. The maximum absolute atomic E-state index is 13.8. The molecule has 0 radical (unpaired) electrons. The van der Waals surface area contributed by atoms with E-state index in [1.807, 2.05) is 68.4 Å². The fraction of sp³-hybridized carbons (Fsp3) is 0.355. The van der Waals surface area contributed by atoms with Crippen LogP contribution in [0, 0.1) is 5.92 Å². The van der Waals surface area contributed by atoms with Crippen molar-refractivity contribution in [2.75, 3.05) is 13.2 Å². The summed E-state index contributed by atoms with van der Waals surface area (Å²) < 4.78 is 6.73. The minimum absolute atomic E-state index is 0.166. The molecule has 0 aliphatic rings. The number of amides is 2. The first-order valence-electron chi connectivity index (χ1n) is 13.0. The van der Waals surface area contributed by atoms with Crippen molar-refractivity contribution in [3.63, 3.8) is 0 Å². The molecule has 1 atom stereocenters. The molecule has 0 unspecified atom stereocenters. The van der Waals surface area contributed by atoms with Crippen molar-refractivity contribution in [2.24, 2.45) is 5.92 Å². The van der Waals surface area contributed by atoms with Crippen LogP contribution in [0.5, 0.6) is 5.75 Å². The SMILES string of the molecule is CC(C)CNC(=O)[C@H](Cc1ccccc1)N(Cc1ccc(Cl)c(Cl)c1)C(=O)COc1ccc(C(C)C)cc1Br. The minimum Gasteiger partial charge on any atom is -0.483 e. The number of nitrogens with one attached hydrogen (secondary N) is 1. The molecule has 208 valence electrons. The number of benzene rings is 3. The molecule has 5 nitrogen and oxygen atoms in total. The van der Waals surface area contributed by atoms with Crippen molar-refractivity contribution in [3.05, 3.63) is 97.9 Å². The van der Waals surface area contributed by atoms with Gasteiger partial charge in [-0.15, -0.1) is 0 Å². The van der Waals surface area contributed by atoms with Crippen LogP contribution in [-0.2, 0) is 22.6 Å². The van der Waals surface area contributed by atoms with Crippen LogP contribution in [0.25, 0.3) is 0 Å². The van der Waals surface area contributed by atoms with E-state index < -0.39 is 6.04 Å². The molecule has 0 saturated heterocycles. The molecule has 3 aromatic carbocycles. The Balaban J connectivity index is 1.92. The summed E-state index contributed by atoms with van der Waals surface area (Å²) in [6.45, 7) is 8.73. The van der Waals surface area contributed by atoms with E-state index in [1.54, 1.807) is 17.0 Å². The number of nitrogens with zero attached hydrogens (tertiary/aromatic N) is 1. The Bertz CT molecular complexity index is 1270. The van der Waals surface area contributed by atoms with E-state index in [-0.39, 0.29) is 30.9 Å². The summed E-state index contributed by atoms with van der Waals surface area (Å²) in [5.74, 6) is 0.651. The van der Waals surface area contributed by atoms with Gasteiger partial charge in [-0.1, -0.05) is 93.4 Å². The third-order valence-electron chi connectivity index (χ3n) is 6.27. The predicted molar refractivity (Wildman–Crippen MR) is 163 cm³/mol. The Morgan fingerprint density at radius 2 is 1.64 bits per heavy atom. The van der Waals surface area contributed by atoms with Crippen LogP contribution in [0.3, 0.4) is 0 Å². The summed E-state index contributed by atoms with van der Waals surface area (Å²) in [4.78, 5) is 28.9. The average Bonchev–Trinajstić information content (AvgIpc) is 2.90. The van der Waals surface area contributed by atoms with Crippen LogP contribution < -0.4 is 10.1 Å². The van der Waals surface area contributed by atoms with E-state index in [0.717, 1.165) is 21.2 Å². The van der Waals surface area contributed by atoms with Gasteiger partial charge in [0.1, 0.15) is 11.8 Å². The van der Waals surface area contributed by atoms with E-state index in [2.05, 4.69) is 35.1 Å². The standard InChI is InChI=1S/C31H35BrCl2N2O3/c1-20(2)17-35-31(38)28(15-22-8-6-5-7-9-22)36(18-23-10-12-26(33)27(34)14-23)30(37)19-39-29-13-11-24(21(3)4)16-25(29)32/h5-14,16,20-21,28H,15,17-19H2,1-4H3,(H,35,38)/t28-/m0/s1. The second-order valence-corrected chi connectivity index (χ2v) is 11.9. The lowest BCUT2D eigenvalue weighted by Crippen LogP contribution is -2.52. The molecule has 0 fully saturated rings. The first kappa shape index (κ1) is 31.0. The Labute approximate surface area is 250 Å². The van der Waals surface area contributed by atoms with Crippen molar-refractivity contribution in [1.82, 2.24) is 10.2 Å². The second-order valence-electron chi connectivity index (χ2n) is 10.2. The largest absolute Gasteiger partial charge is 0.483 e. The molecule has 3 rings (SSSR count). The molecule has 0 saturated carbocycles. The Kier molecular flexibility index (Phi) is 11.7. The van der Waals surface area contributed by atoms with Crippen molar-refractivity contribution >= 4 is 50.9 Å². The Hall–Kier alpha value is -2.54. The highest BCUT2D eigenvalue weighted by Gasteiger charge is 2.31. The van der Waals surface area contributed by atoms with E-state index in [9.17, 15) is 9.59 Å². The zero-order valence-corrected chi connectivity index (χ0v) is 25.8. The average molecular weight is 634 g/mol. The molecule has 2 amide bonds. The number of hydrogen-bond donors (Lipinski definition) is 1. The van der Waals surface area contributed by atoms with Gasteiger partial charge < -0.3 is 15.0 Å². The number of ether oxygens (including phenoxy) is 1. The number of hydrogen-bond acceptors (Lipinski definition) is 3. The summed E-state index contributed by atoms with van der Waals surface area (Å²) in [5.41, 5.74) is 2.86. The van der Waals surface area contributed by atoms with Crippen LogP contribution in [0.1, 0.15) is 50.3 Å². The molecular formula is C31H35BrCl2N2O3. The highest BCUT2D eigenvalue weighted by molar-refractivity contribution is 9.10. The van der Waals surface area contributed by atoms with Gasteiger partial charge in [-0.2, -0.15) is 0 Å². The normalized spacial score (nSPS) is 11.9. The van der Waals surface area contributed by atoms with Crippen LogP contribution in [-0.4, -0.2) is 35.9 Å². The molecule has 0 bridgehead atoms. The third-order valence-corrected chi connectivity index (χ3v) is 7.63. The first-order valence-corrected chi connectivity index (χ1v) is 14.6. The van der Waals surface area contributed by atoms with E-state index in [4.69, 9.17) is 27.9 Å². The van der Waals surface area contributed by atoms with Gasteiger partial charge in [0.2, 0.25) is 5.91 Å². The zero-order chi connectivity index (χ0) is 28.5. The lowest BCUT2D eigenvalue weighted by Gasteiger charge is -2.32. The van der Waals surface area contributed by atoms with Gasteiger partial charge >= 0.3 is 0 Å². The van der Waals surface area contributed by atoms with Gasteiger partial charge in [-0.3, -0.25) is 9.59 Å². The smallest absolute Gasteiger partial charge is 0.261 e.